The van der Waals surface area contributed by atoms with Crippen molar-refractivity contribution in [3.05, 3.63) is 59.7 Å². The van der Waals surface area contributed by atoms with Crippen LogP contribution in [0.2, 0.25) is 0 Å². The molecule has 35 heavy (non-hydrogen) atoms. The second-order valence-electron chi connectivity index (χ2n) is 9.67. The number of nitrogens with zero attached hydrogens (tertiary/aromatic N) is 1. The first-order valence-electron chi connectivity index (χ1n) is 12.8. The molecule has 1 saturated heterocycles. The standard InChI is InChI=1S/C28H40N4O3/c1-4-30-23-16-22(17-24(18-23)32-14-8-11-27(32)34)28(35)31-25(15-21-9-6-5-7-10-21)26(33)19-29-13-12-20(2)3/h5-7,9-10,16-18,20,25-26,29-30,33H,4,8,11-15,19H2,1-3H3,(H,31,35)/t25-,26-/m0/s1. The SMILES string of the molecule is CCNc1cc(C(=O)N[C@@H](Cc2ccccc2)[C@@H](O)CNCCC(C)C)cc(N2CCCC2=O)c1. The molecule has 1 fully saturated rings. The average molecular weight is 481 g/mol. The number of amides is 2. The lowest BCUT2D eigenvalue weighted by Gasteiger charge is -2.26. The summed E-state index contributed by atoms with van der Waals surface area (Å²) in [5.74, 6) is 0.398. The van der Waals surface area contributed by atoms with Crippen molar-refractivity contribution in [2.24, 2.45) is 5.92 Å². The molecule has 0 radical (unpaired) electrons. The van der Waals surface area contributed by atoms with Gasteiger partial charge in [0.2, 0.25) is 5.91 Å². The summed E-state index contributed by atoms with van der Waals surface area (Å²) in [7, 11) is 0. The van der Waals surface area contributed by atoms with Crippen molar-refractivity contribution in [2.45, 2.75) is 58.6 Å². The van der Waals surface area contributed by atoms with Crippen molar-refractivity contribution >= 4 is 23.2 Å². The van der Waals surface area contributed by atoms with Gasteiger partial charge in [-0.25, -0.2) is 0 Å². The van der Waals surface area contributed by atoms with Crippen molar-refractivity contribution in [3.8, 4) is 0 Å². The van der Waals surface area contributed by atoms with Gasteiger partial charge in [-0.1, -0.05) is 44.2 Å². The highest BCUT2D eigenvalue weighted by atomic mass is 16.3. The monoisotopic (exact) mass is 480 g/mol. The molecule has 0 spiro atoms. The minimum atomic E-state index is -0.747. The first-order chi connectivity index (χ1) is 16.9. The van der Waals surface area contributed by atoms with E-state index in [1.165, 1.54) is 0 Å². The van der Waals surface area contributed by atoms with Gasteiger partial charge in [-0.2, -0.15) is 0 Å². The molecule has 0 aromatic heterocycles. The summed E-state index contributed by atoms with van der Waals surface area (Å²) in [6, 6.07) is 14.9. The fourth-order valence-electron chi connectivity index (χ4n) is 4.31. The largest absolute Gasteiger partial charge is 0.390 e. The highest BCUT2D eigenvalue weighted by Gasteiger charge is 2.25. The van der Waals surface area contributed by atoms with E-state index in [2.05, 4.69) is 29.8 Å². The number of hydrogen-bond donors (Lipinski definition) is 4. The average Bonchev–Trinajstić information content (AvgIpc) is 3.27. The van der Waals surface area contributed by atoms with E-state index in [1.807, 2.05) is 43.3 Å². The predicted molar refractivity (Wildman–Crippen MR) is 142 cm³/mol. The number of carbonyl (C=O) groups excluding carboxylic acids is 2. The van der Waals surface area contributed by atoms with Crippen molar-refractivity contribution in [1.82, 2.24) is 10.6 Å². The summed E-state index contributed by atoms with van der Waals surface area (Å²) in [6.07, 6.45) is 2.15. The fourth-order valence-corrected chi connectivity index (χ4v) is 4.31. The summed E-state index contributed by atoms with van der Waals surface area (Å²) in [6.45, 7) is 8.91. The van der Waals surface area contributed by atoms with Crippen LogP contribution >= 0.6 is 0 Å². The first kappa shape index (κ1) is 26.7. The van der Waals surface area contributed by atoms with Gasteiger partial charge in [-0.05, 0) is 62.4 Å². The number of hydrogen-bond acceptors (Lipinski definition) is 5. The predicted octanol–water partition coefficient (Wildman–Crippen LogP) is 3.58. The summed E-state index contributed by atoms with van der Waals surface area (Å²) in [5.41, 5.74) is 3.04. The van der Waals surface area contributed by atoms with Gasteiger partial charge < -0.3 is 26.0 Å². The lowest BCUT2D eigenvalue weighted by atomic mass is 10.00. The number of aliphatic hydroxyl groups excluding tert-OH is 1. The summed E-state index contributed by atoms with van der Waals surface area (Å²) < 4.78 is 0. The van der Waals surface area contributed by atoms with Gasteiger partial charge in [0.05, 0.1) is 12.1 Å². The minimum absolute atomic E-state index is 0.0786. The number of anilines is 2. The molecule has 0 aliphatic carbocycles. The molecule has 7 nitrogen and oxygen atoms in total. The smallest absolute Gasteiger partial charge is 0.251 e. The van der Waals surface area contributed by atoms with E-state index in [0.29, 0.717) is 44.0 Å². The second kappa shape index (κ2) is 13.3. The Morgan fingerprint density at radius 3 is 2.57 bits per heavy atom. The Kier molecular flexibility index (Phi) is 10.1. The molecule has 2 amide bonds. The molecule has 1 heterocycles. The van der Waals surface area contributed by atoms with Crippen LogP contribution in [-0.4, -0.2) is 55.2 Å². The van der Waals surface area contributed by atoms with Crippen molar-refractivity contribution < 1.29 is 14.7 Å². The maximum Gasteiger partial charge on any atom is 0.251 e. The first-order valence-corrected chi connectivity index (χ1v) is 12.8. The van der Waals surface area contributed by atoms with E-state index >= 15 is 0 Å². The fraction of sp³-hybridized carbons (Fsp3) is 0.500. The number of benzene rings is 2. The third-order valence-electron chi connectivity index (χ3n) is 6.28. The Morgan fingerprint density at radius 1 is 1.14 bits per heavy atom. The molecule has 2 aromatic rings. The molecular formula is C28H40N4O3. The van der Waals surface area contributed by atoms with Gasteiger partial charge in [0.1, 0.15) is 0 Å². The zero-order valence-corrected chi connectivity index (χ0v) is 21.2. The van der Waals surface area contributed by atoms with E-state index in [0.717, 1.165) is 36.3 Å². The molecule has 1 aliphatic rings. The molecule has 2 aromatic carbocycles. The molecule has 0 bridgehead atoms. The molecule has 4 N–H and O–H groups in total. The van der Waals surface area contributed by atoms with Crippen LogP contribution in [0, 0.1) is 5.92 Å². The van der Waals surface area contributed by atoms with E-state index < -0.39 is 12.1 Å². The van der Waals surface area contributed by atoms with Crippen LogP contribution in [0.3, 0.4) is 0 Å². The molecule has 2 atom stereocenters. The summed E-state index contributed by atoms with van der Waals surface area (Å²) >= 11 is 0. The third kappa shape index (κ3) is 8.08. The van der Waals surface area contributed by atoms with Crippen LogP contribution in [0.25, 0.3) is 0 Å². The molecule has 190 valence electrons. The van der Waals surface area contributed by atoms with Gasteiger partial charge in [0.15, 0.2) is 0 Å². The maximum absolute atomic E-state index is 13.4. The Hall–Kier alpha value is -2.90. The molecule has 0 saturated carbocycles. The number of aliphatic hydroxyl groups is 1. The number of carbonyl (C=O) groups is 2. The Labute approximate surface area is 209 Å². The highest BCUT2D eigenvalue weighted by molar-refractivity contribution is 6.00. The van der Waals surface area contributed by atoms with E-state index in [9.17, 15) is 14.7 Å². The van der Waals surface area contributed by atoms with Gasteiger partial charge in [-0.15, -0.1) is 0 Å². The minimum Gasteiger partial charge on any atom is -0.390 e. The van der Waals surface area contributed by atoms with Gasteiger partial charge in [-0.3, -0.25) is 9.59 Å². The third-order valence-corrected chi connectivity index (χ3v) is 6.28. The normalized spacial score (nSPS) is 15.3. The van der Waals surface area contributed by atoms with E-state index in [4.69, 9.17) is 0 Å². The zero-order chi connectivity index (χ0) is 25.2. The van der Waals surface area contributed by atoms with Crippen LogP contribution in [0.1, 0.15) is 56.0 Å². The maximum atomic E-state index is 13.4. The van der Waals surface area contributed by atoms with Crippen molar-refractivity contribution in [1.29, 1.82) is 0 Å². The zero-order valence-electron chi connectivity index (χ0n) is 21.2. The summed E-state index contributed by atoms with van der Waals surface area (Å²) in [5, 5.41) is 20.6. The van der Waals surface area contributed by atoms with Crippen molar-refractivity contribution in [2.75, 3.05) is 36.4 Å². The van der Waals surface area contributed by atoms with Crippen LogP contribution in [0.5, 0.6) is 0 Å². The lowest BCUT2D eigenvalue weighted by molar-refractivity contribution is -0.117. The van der Waals surface area contributed by atoms with Crippen LogP contribution in [0.4, 0.5) is 11.4 Å². The van der Waals surface area contributed by atoms with Gasteiger partial charge in [0, 0.05) is 43.0 Å². The number of nitrogens with one attached hydrogen (secondary N) is 3. The van der Waals surface area contributed by atoms with Crippen LogP contribution < -0.4 is 20.9 Å². The number of rotatable bonds is 13. The van der Waals surface area contributed by atoms with Gasteiger partial charge in [0.25, 0.3) is 5.91 Å². The molecule has 0 unspecified atom stereocenters. The van der Waals surface area contributed by atoms with E-state index in [1.54, 1.807) is 17.0 Å². The van der Waals surface area contributed by atoms with Crippen LogP contribution in [-0.2, 0) is 11.2 Å². The quantitative estimate of drug-likeness (QED) is 0.329. The Balaban J connectivity index is 1.78. The molecular weight excluding hydrogens is 440 g/mol. The molecule has 7 heteroatoms. The van der Waals surface area contributed by atoms with Crippen molar-refractivity contribution in [3.63, 3.8) is 0 Å². The van der Waals surface area contributed by atoms with Gasteiger partial charge >= 0.3 is 0 Å². The molecule has 3 rings (SSSR count). The second-order valence-corrected chi connectivity index (χ2v) is 9.67. The Bertz CT molecular complexity index is 964. The topological polar surface area (TPSA) is 93.7 Å². The van der Waals surface area contributed by atoms with E-state index in [-0.39, 0.29) is 11.8 Å². The lowest BCUT2D eigenvalue weighted by Crippen LogP contribution is -2.49. The highest BCUT2D eigenvalue weighted by Crippen LogP contribution is 2.27. The summed E-state index contributed by atoms with van der Waals surface area (Å²) in [4.78, 5) is 27.5. The molecule has 1 aliphatic heterocycles. The van der Waals surface area contributed by atoms with Crippen LogP contribution in [0.15, 0.2) is 48.5 Å². The Morgan fingerprint density at radius 2 is 1.91 bits per heavy atom.